The van der Waals surface area contributed by atoms with Gasteiger partial charge in [0.2, 0.25) is 5.95 Å². The van der Waals surface area contributed by atoms with E-state index in [1.54, 1.807) is 45.3 Å². The summed E-state index contributed by atoms with van der Waals surface area (Å²) < 4.78 is 16.4. The Kier molecular flexibility index (Phi) is 8.11. The number of carbonyl (C=O) groups is 2. The number of carbonyl (C=O) groups excluding carboxylic acids is 2. The predicted molar refractivity (Wildman–Crippen MR) is 137 cm³/mol. The molecule has 1 heterocycles. The molecule has 0 atom stereocenters. The fraction of sp³-hybridized carbons (Fsp3) is 0.308. The van der Waals surface area contributed by atoms with Gasteiger partial charge in [-0.3, -0.25) is 0 Å². The first-order valence-electron chi connectivity index (χ1n) is 10.9. The summed E-state index contributed by atoms with van der Waals surface area (Å²) in [5.74, 6) is 0.0360. The summed E-state index contributed by atoms with van der Waals surface area (Å²) in [6.45, 7) is 7.65. The molecule has 0 spiro atoms. The van der Waals surface area contributed by atoms with Crippen molar-refractivity contribution < 1.29 is 23.8 Å². The van der Waals surface area contributed by atoms with E-state index in [0.717, 1.165) is 11.1 Å². The number of hydrogen-bond donors (Lipinski definition) is 0. The zero-order valence-corrected chi connectivity index (χ0v) is 22.2. The van der Waals surface area contributed by atoms with Gasteiger partial charge in [-0.1, -0.05) is 29.8 Å². The Labute approximate surface area is 213 Å². The molecule has 0 bridgehead atoms. The van der Waals surface area contributed by atoms with Crippen molar-refractivity contribution in [3.63, 3.8) is 0 Å². The van der Waals surface area contributed by atoms with Gasteiger partial charge in [-0.05, 0) is 66.9 Å². The van der Waals surface area contributed by atoms with Gasteiger partial charge >= 0.3 is 12.1 Å². The number of nitrogens with zero attached hydrogens (tertiary/aromatic N) is 3. The van der Waals surface area contributed by atoms with E-state index >= 15 is 0 Å². The van der Waals surface area contributed by atoms with Gasteiger partial charge in [0.15, 0.2) is 0 Å². The van der Waals surface area contributed by atoms with Crippen LogP contribution in [0.5, 0.6) is 5.75 Å². The van der Waals surface area contributed by atoms with E-state index in [0.29, 0.717) is 21.3 Å². The van der Waals surface area contributed by atoms with Crippen molar-refractivity contribution in [1.29, 1.82) is 0 Å². The lowest BCUT2D eigenvalue weighted by Crippen LogP contribution is -2.37. The van der Waals surface area contributed by atoms with Crippen LogP contribution in [0.3, 0.4) is 0 Å². The summed E-state index contributed by atoms with van der Waals surface area (Å²) in [5, 5.41) is 0. The quantitative estimate of drug-likeness (QED) is 0.356. The van der Waals surface area contributed by atoms with Crippen molar-refractivity contribution in [2.24, 2.45) is 0 Å². The average molecular weight is 542 g/mol. The molecule has 0 unspecified atom stereocenters. The monoisotopic (exact) mass is 541 g/mol. The number of hydrogen-bond acceptors (Lipinski definition) is 7. The van der Waals surface area contributed by atoms with Crippen molar-refractivity contribution in [2.45, 2.75) is 39.8 Å². The molecule has 3 aromatic rings. The van der Waals surface area contributed by atoms with Gasteiger partial charge in [0.05, 0.1) is 25.2 Å². The van der Waals surface area contributed by atoms with Crippen LogP contribution in [0.25, 0.3) is 11.1 Å². The third kappa shape index (κ3) is 6.57. The van der Waals surface area contributed by atoms with Crippen molar-refractivity contribution in [1.82, 2.24) is 9.97 Å². The zero-order chi connectivity index (χ0) is 25.8. The molecular formula is C26H28BrN3O5. The number of rotatable bonds is 6. The van der Waals surface area contributed by atoms with Crippen LogP contribution >= 0.6 is 15.9 Å². The van der Waals surface area contributed by atoms with Crippen LogP contribution in [0.4, 0.5) is 10.7 Å². The minimum Gasteiger partial charge on any atom is -0.495 e. The number of benzene rings is 2. The molecule has 3 rings (SSSR count). The summed E-state index contributed by atoms with van der Waals surface area (Å²) in [4.78, 5) is 35.6. The topological polar surface area (TPSA) is 90.9 Å². The molecule has 0 saturated heterocycles. The standard InChI is InChI=1S/C26H28BrN3O5/c1-16-8-7-9-17(10-16)15-30(25(32)35-26(2,3)4)24-28-13-19(14-29-24)18-11-20(23(31)34-6)22(33-5)21(27)12-18/h7-14H,15H2,1-6H3. The third-order valence-corrected chi connectivity index (χ3v) is 5.49. The molecule has 0 aliphatic carbocycles. The van der Waals surface area contributed by atoms with Gasteiger partial charge < -0.3 is 14.2 Å². The molecule has 2 aromatic carbocycles. The van der Waals surface area contributed by atoms with Crippen molar-refractivity contribution in [2.75, 3.05) is 19.1 Å². The molecule has 1 aromatic heterocycles. The normalized spacial score (nSPS) is 11.1. The first-order valence-corrected chi connectivity index (χ1v) is 11.7. The number of halogens is 1. The first-order chi connectivity index (χ1) is 16.5. The number of methoxy groups -OCH3 is 2. The molecule has 0 fully saturated rings. The van der Waals surface area contributed by atoms with Crippen LogP contribution in [0.1, 0.15) is 42.3 Å². The number of amides is 1. The minimum absolute atomic E-state index is 0.199. The van der Waals surface area contributed by atoms with Gasteiger partial charge in [-0.15, -0.1) is 0 Å². The summed E-state index contributed by atoms with van der Waals surface area (Å²) in [7, 11) is 2.78. The van der Waals surface area contributed by atoms with Crippen LogP contribution < -0.4 is 9.64 Å². The molecular weight excluding hydrogens is 514 g/mol. The van der Waals surface area contributed by atoms with Crippen LogP contribution in [0.2, 0.25) is 0 Å². The van der Waals surface area contributed by atoms with Crippen LogP contribution in [-0.2, 0) is 16.0 Å². The summed E-state index contributed by atoms with van der Waals surface area (Å²) in [5.41, 5.74) is 2.90. The first kappa shape index (κ1) is 26.2. The number of aromatic nitrogens is 2. The van der Waals surface area contributed by atoms with E-state index in [1.165, 1.54) is 19.1 Å². The second-order valence-corrected chi connectivity index (χ2v) is 9.71. The van der Waals surface area contributed by atoms with Crippen molar-refractivity contribution >= 4 is 33.9 Å². The Morgan fingerprint density at radius 1 is 1.03 bits per heavy atom. The maximum absolute atomic E-state index is 13.0. The molecule has 35 heavy (non-hydrogen) atoms. The molecule has 184 valence electrons. The molecule has 0 aliphatic rings. The minimum atomic E-state index is -0.679. The van der Waals surface area contributed by atoms with Gasteiger partial charge in [0, 0.05) is 18.0 Å². The van der Waals surface area contributed by atoms with E-state index in [4.69, 9.17) is 14.2 Å². The number of esters is 1. The fourth-order valence-electron chi connectivity index (χ4n) is 3.37. The largest absolute Gasteiger partial charge is 0.495 e. The van der Waals surface area contributed by atoms with Gasteiger partial charge in [0.1, 0.15) is 16.9 Å². The average Bonchev–Trinajstić information content (AvgIpc) is 2.80. The lowest BCUT2D eigenvalue weighted by Gasteiger charge is -2.26. The van der Waals surface area contributed by atoms with Crippen LogP contribution in [-0.4, -0.2) is 41.9 Å². The summed E-state index contributed by atoms with van der Waals surface area (Å²) >= 11 is 3.44. The maximum Gasteiger partial charge on any atom is 0.417 e. The molecule has 9 heteroatoms. The van der Waals surface area contributed by atoms with E-state index in [9.17, 15) is 9.59 Å². The van der Waals surface area contributed by atoms with Crippen molar-refractivity contribution in [3.8, 4) is 16.9 Å². The zero-order valence-electron chi connectivity index (χ0n) is 20.6. The number of ether oxygens (including phenoxy) is 3. The van der Waals surface area contributed by atoms with Crippen molar-refractivity contribution in [3.05, 3.63) is 70.0 Å². The highest BCUT2D eigenvalue weighted by Crippen LogP contribution is 2.35. The lowest BCUT2D eigenvalue weighted by molar-refractivity contribution is 0.0571. The van der Waals surface area contributed by atoms with Gasteiger partial charge in [-0.2, -0.15) is 0 Å². The van der Waals surface area contributed by atoms with Gasteiger partial charge in [0.25, 0.3) is 0 Å². The van der Waals surface area contributed by atoms with Crippen LogP contribution in [0, 0.1) is 6.92 Å². The number of anilines is 1. The smallest absolute Gasteiger partial charge is 0.417 e. The van der Waals surface area contributed by atoms with Crippen LogP contribution in [0.15, 0.2) is 53.3 Å². The predicted octanol–water partition coefficient (Wildman–Crippen LogP) is 5.95. The van der Waals surface area contributed by atoms with E-state index in [2.05, 4.69) is 25.9 Å². The summed E-state index contributed by atoms with van der Waals surface area (Å²) in [6.07, 6.45) is 2.63. The Morgan fingerprint density at radius 2 is 1.71 bits per heavy atom. The Hall–Kier alpha value is -3.46. The SMILES string of the molecule is COC(=O)c1cc(-c2cnc(N(Cc3cccc(C)c3)C(=O)OC(C)(C)C)nc2)cc(Br)c1OC. The molecule has 1 amide bonds. The molecule has 8 nitrogen and oxygen atoms in total. The Balaban J connectivity index is 1.98. The highest BCUT2D eigenvalue weighted by Gasteiger charge is 2.26. The highest BCUT2D eigenvalue weighted by molar-refractivity contribution is 9.10. The second kappa shape index (κ2) is 10.9. The van der Waals surface area contributed by atoms with Gasteiger partial charge in [-0.25, -0.2) is 24.5 Å². The molecule has 0 aliphatic heterocycles. The molecule has 0 radical (unpaired) electrons. The molecule has 0 N–H and O–H groups in total. The fourth-order valence-corrected chi connectivity index (χ4v) is 3.99. The lowest BCUT2D eigenvalue weighted by atomic mass is 10.0. The maximum atomic E-state index is 13.0. The second-order valence-electron chi connectivity index (χ2n) is 8.86. The Morgan fingerprint density at radius 3 is 2.29 bits per heavy atom. The third-order valence-electron chi connectivity index (χ3n) is 4.90. The number of aryl methyl sites for hydroxylation is 1. The highest BCUT2D eigenvalue weighted by atomic mass is 79.9. The Bertz CT molecular complexity index is 1220. The van der Waals surface area contributed by atoms with E-state index < -0.39 is 17.7 Å². The molecule has 0 saturated carbocycles. The van der Waals surface area contributed by atoms with E-state index in [-0.39, 0.29) is 18.1 Å². The summed E-state index contributed by atoms with van der Waals surface area (Å²) in [6, 6.07) is 11.3. The van der Waals surface area contributed by atoms with E-state index in [1.807, 2.05) is 31.2 Å².